The van der Waals surface area contributed by atoms with Crippen molar-refractivity contribution in [2.45, 2.75) is 25.9 Å². The number of nitrogens with two attached hydrogens (primary N) is 1. The van der Waals surface area contributed by atoms with Gasteiger partial charge in [-0.25, -0.2) is 9.97 Å². The normalized spacial score (nSPS) is 11.3. The van der Waals surface area contributed by atoms with Crippen molar-refractivity contribution in [3.8, 4) is 17.2 Å². The zero-order valence-corrected chi connectivity index (χ0v) is 17.0. The first-order chi connectivity index (χ1) is 13.8. The molecule has 0 amide bonds. The fraction of sp³-hybridized carbons (Fsp3) is 0.333. The van der Waals surface area contributed by atoms with Crippen LogP contribution in [0.25, 0.3) is 11.0 Å². The number of nitrogen functional groups attached to an aromatic ring is 1. The number of hydrogen-bond donors (Lipinski definition) is 3. The third-order valence-corrected chi connectivity index (χ3v) is 4.29. The van der Waals surface area contributed by atoms with Crippen LogP contribution in [0.2, 0.25) is 0 Å². The number of aliphatic hydroxyl groups is 1. The Morgan fingerprint density at radius 2 is 1.76 bits per heavy atom. The fourth-order valence-corrected chi connectivity index (χ4v) is 2.72. The van der Waals surface area contributed by atoms with Crippen molar-refractivity contribution in [2.75, 3.05) is 31.9 Å². The molecule has 4 N–H and O–H groups in total. The number of nitrogens with zero attached hydrogens (tertiary/aromatic N) is 2. The maximum atomic E-state index is 9.96. The molecule has 3 aromatic rings. The van der Waals surface area contributed by atoms with Gasteiger partial charge in [0.25, 0.3) is 0 Å². The minimum Gasteiger partial charge on any atom is -0.497 e. The van der Waals surface area contributed by atoms with Gasteiger partial charge < -0.3 is 30.4 Å². The Morgan fingerprint density at radius 3 is 2.38 bits per heavy atom. The topological polar surface area (TPSA) is 112 Å². The molecule has 0 fully saturated rings. The Kier molecular flexibility index (Phi) is 5.93. The molecule has 1 heterocycles. The minimum absolute atomic E-state index is 0.257. The molecule has 2 aromatic carbocycles. The second kappa shape index (κ2) is 8.40. The quantitative estimate of drug-likeness (QED) is 0.528. The molecule has 1 aromatic heterocycles. The van der Waals surface area contributed by atoms with E-state index in [0.29, 0.717) is 52.8 Å². The molecule has 3 rings (SSSR count). The molecular formula is C21H26N4O4. The number of fused-ring (bicyclic) bond motifs is 1. The van der Waals surface area contributed by atoms with Gasteiger partial charge in [0, 0.05) is 18.6 Å². The van der Waals surface area contributed by atoms with E-state index in [2.05, 4.69) is 15.3 Å². The molecule has 0 radical (unpaired) electrons. The first-order valence-electron chi connectivity index (χ1n) is 9.21. The molecule has 0 unspecified atom stereocenters. The van der Waals surface area contributed by atoms with Crippen LogP contribution in [-0.2, 0) is 0 Å². The second-order valence-electron chi connectivity index (χ2n) is 7.19. The van der Waals surface area contributed by atoms with E-state index in [1.165, 1.54) is 0 Å². The highest BCUT2D eigenvalue weighted by molar-refractivity contribution is 5.82. The monoisotopic (exact) mass is 398 g/mol. The summed E-state index contributed by atoms with van der Waals surface area (Å²) in [6, 6.07) is 11.0. The lowest BCUT2D eigenvalue weighted by atomic mass is 10.1. The molecule has 0 saturated carbocycles. The number of rotatable bonds is 8. The molecule has 0 bridgehead atoms. The molecule has 0 aliphatic carbocycles. The molecule has 8 nitrogen and oxygen atoms in total. The van der Waals surface area contributed by atoms with Crippen LogP contribution in [0.4, 0.5) is 17.3 Å². The van der Waals surface area contributed by atoms with Crippen molar-refractivity contribution in [3.63, 3.8) is 0 Å². The summed E-state index contributed by atoms with van der Waals surface area (Å²) in [4.78, 5) is 8.96. The van der Waals surface area contributed by atoms with Crippen LogP contribution >= 0.6 is 0 Å². The van der Waals surface area contributed by atoms with E-state index in [4.69, 9.17) is 19.9 Å². The van der Waals surface area contributed by atoms with Crippen LogP contribution in [0.1, 0.15) is 20.3 Å². The summed E-state index contributed by atoms with van der Waals surface area (Å²) in [5.74, 6) is 2.17. The van der Waals surface area contributed by atoms with E-state index >= 15 is 0 Å². The van der Waals surface area contributed by atoms with Gasteiger partial charge in [-0.2, -0.15) is 0 Å². The Bertz CT molecular complexity index is 1000. The van der Waals surface area contributed by atoms with Crippen LogP contribution in [0, 0.1) is 0 Å². The highest BCUT2D eigenvalue weighted by Crippen LogP contribution is 2.41. The number of anilines is 3. The summed E-state index contributed by atoms with van der Waals surface area (Å²) in [5, 5.41) is 13.1. The third kappa shape index (κ3) is 4.97. The zero-order chi connectivity index (χ0) is 21.0. The van der Waals surface area contributed by atoms with Gasteiger partial charge >= 0.3 is 0 Å². The average Bonchev–Trinajstić information content (AvgIpc) is 2.68. The van der Waals surface area contributed by atoms with E-state index in [1.807, 2.05) is 24.3 Å². The van der Waals surface area contributed by atoms with Gasteiger partial charge in [0.15, 0.2) is 23.1 Å². The molecule has 0 aliphatic rings. The molecule has 154 valence electrons. The van der Waals surface area contributed by atoms with Crippen molar-refractivity contribution in [2.24, 2.45) is 0 Å². The fourth-order valence-electron chi connectivity index (χ4n) is 2.72. The summed E-state index contributed by atoms with van der Waals surface area (Å²) < 4.78 is 16.8. The minimum atomic E-state index is -0.846. The predicted octanol–water partition coefficient (Wildman–Crippen LogP) is 3.51. The van der Waals surface area contributed by atoms with Crippen LogP contribution in [-0.4, -0.2) is 41.5 Å². The van der Waals surface area contributed by atoms with Gasteiger partial charge in [0.1, 0.15) is 5.75 Å². The molecule has 29 heavy (non-hydrogen) atoms. The largest absolute Gasteiger partial charge is 0.497 e. The molecule has 8 heteroatoms. The second-order valence-corrected chi connectivity index (χ2v) is 7.19. The molecular weight excluding hydrogens is 372 g/mol. The van der Waals surface area contributed by atoms with E-state index in [-0.39, 0.29) is 5.82 Å². The summed E-state index contributed by atoms with van der Waals surface area (Å²) in [7, 11) is 3.11. The van der Waals surface area contributed by atoms with Crippen molar-refractivity contribution in [1.29, 1.82) is 0 Å². The zero-order valence-electron chi connectivity index (χ0n) is 17.0. The lowest BCUT2D eigenvalue weighted by molar-refractivity contribution is 0.0550. The van der Waals surface area contributed by atoms with Crippen molar-refractivity contribution in [1.82, 2.24) is 9.97 Å². The summed E-state index contributed by atoms with van der Waals surface area (Å²) in [6.45, 7) is 3.75. The Labute approximate surface area is 169 Å². The van der Waals surface area contributed by atoms with E-state index in [0.717, 1.165) is 0 Å². The van der Waals surface area contributed by atoms with Gasteiger partial charge in [-0.1, -0.05) is 12.1 Å². The average molecular weight is 398 g/mol. The van der Waals surface area contributed by atoms with Crippen molar-refractivity contribution < 1.29 is 19.3 Å². The number of ether oxygens (including phenoxy) is 3. The highest BCUT2D eigenvalue weighted by Gasteiger charge is 2.18. The van der Waals surface area contributed by atoms with Crippen LogP contribution in [0.5, 0.6) is 17.2 Å². The smallest absolute Gasteiger partial charge is 0.184 e. The Balaban J connectivity index is 1.99. The first-order valence-corrected chi connectivity index (χ1v) is 9.21. The maximum absolute atomic E-state index is 9.96. The van der Waals surface area contributed by atoms with Crippen LogP contribution in [0.3, 0.4) is 0 Å². The predicted molar refractivity (Wildman–Crippen MR) is 113 cm³/mol. The Morgan fingerprint density at radius 1 is 1.07 bits per heavy atom. The highest BCUT2D eigenvalue weighted by atomic mass is 16.5. The SMILES string of the molecule is COc1cc(Nc2nc3ccccc3nc2N)c(OCCC(C)(C)O)c(OC)c1. The number of hydrogen-bond acceptors (Lipinski definition) is 8. The molecule has 0 spiro atoms. The van der Waals surface area contributed by atoms with Crippen molar-refractivity contribution >= 4 is 28.4 Å². The third-order valence-electron chi connectivity index (χ3n) is 4.29. The molecule has 0 saturated heterocycles. The van der Waals surface area contributed by atoms with E-state index < -0.39 is 5.60 Å². The van der Waals surface area contributed by atoms with E-state index in [1.54, 1.807) is 40.2 Å². The van der Waals surface area contributed by atoms with Gasteiger partial charge in [0.05, 0.1) is 43.1 Å². The van der Waals surface area contributed by atoms with Crippen molar-refractivity contribution in [3.05, 3.63) is 36.4 Å². The standard InChI is InChI=1S/C21H26N4O4/c1-21(2,26)9-10-29-18-16(11-13(27-3)12-17(18)28-4)25-20-19(22)23-14-7-5-6-8-15(14)24-20/h5-8,11-12,26H,9-10H2,1-4H3,(H2,22,23)(H,24,25). The lowest BCUT2D eigenvalue weighted by Crippen LogP contribution is -2.22. The van der Waals surface area contributed by atoms with Gasteiger partial charge in [-0.05, 0) is 26.0 Å². The Hall–Kier alpha value is -3.26. The summed E-state index contributed by atoms with van der Waals surface area (Å²) >= 11 is 0. The van der Waals surface area contributed by atoms with Crippen LogP contribution < -0.4 is 25.3 Å². The number of benzene rings is 2. The molecule has 0 aliphatic heterocycles. The number of aromatic nitrogens is 2. The van der Waals surface area contributed by atoms with Gasteiger partial charge in [-0.3, -0.25) is 0 Å². The number of methoxy groups -OCH3 is 2. The van der Waals surface area contributed by atoms with E-state index in [9.17, 15) is 5.11 Å². The lowest BCUT2D eigenvalue weighted by Gasteiger charge is -2.21. The maximum Gasteiger partial charge on any atom is 0.184 e. The molecule has 0 atom stereocenters. The number of para-hydroxylation sites is 2. The first kappa shape index (κ1) is 20.5. The number of nitrogens with one attached hydrogen (secondary N) is 1. The van der Waals surface area contributed by atoms with Crippen LogP contribution in [0.15, 0.2) is 36.4 Å². The summed E-state index contributed by atoms with van der Waals surface area (Å²) in [5.41, 5.74) is 7.25. The summed E-state index contributed by atoms with van der Waals surface area (Å²) in [6.07, 6.45) is 0.444. The van der Waals surface area contributed by atoms with Gasteiger partial charge in [0.2, 0.25) is 0 Å². The van der Waals surface area contributed by atoms with Gasteiger partial charge in [-0.15, -0.1) is 0 Å².